The van der Waals surface area contributed by atoms with Crippen LogP contribution in [-0.2, 0) is 4.74 Å². The molecule has 0 bridgehead atoms. The molecule has 3 heteroatoms. The fraction of sp³-hybridized carbons (Fsp3) is 1.00. The van der Waals surface area contributed by atoms with Crippen molar-refractivity contribution < 1.29 is 4.74 Å². The summed E-state index contributed by atoms with van der Waals surface area (Å²) in [5.41, 5.74) is 0. The fourth-order valence-corrected chi connectivity index (χ4v) is 2.99. The largest absolute Gasteiger partial charge is 0.378 e. The first-order valence-corrected chi connectivity index (χ1v) is 6.85. The minimum absolute atomic E-state index is 0.496. The van der Waals surface area contributed by atoms with Gasteiger partial charge in [0.1, 0.15) is 0 Å². The van der Waals surface area contributed by atoms with Gasteiger partial charge in [-0.3, -0.25) is 0 Å². The second-order valence-electron chi connectivity index (χ2n) is 4.77. The quantitative estimate of drug-likeness (QED) is 0.772. The van der Waals surface area contributed by atoms with E-state index in [2.05, 4.69) is 19.2 Å². The molecular formula is C11H21NOS. The molecule has 0 aromatic heterocycles. The molecule has 0 saturated carbocycles. The van der Waals surface area contributed by atoms with Crippen molar-refractivity contribution in [2.75, 3.05) is 24.7 Å². The predicted octanol–water partition coefficient (Wildman–Crippen LogP) is 1.75. The monoisotopic (exact) mass is 215 g/mol. The van der Waals surface area contributed by atoms with Gasteiger partial charge in [-0.2, -0.15) is 11.8 Å². The minimum Gasteiger partial charge on any atom is -0.378 e. The van der Waals surface area contributed by atoms with Gasteiger partial charge in [0.25, 0.3) is 0 Å². The molecule has 2 atom stereocenters. The Morgan fingerprint density at radius 3 is 2.79 bits per heavy atom. The van der Waals surface area contributed by atoms with E-state index in [1.54, 1.807) is 0 Å². The molecule has 0 spiro atoms. The van der Waals surface area contributed by atoms with Crippen LogP contribution in [0.4, 0.5) is 0 Å². The molecule has 0 amide bonds. The third-order valence-corrected chi connectivity index (χ3v) is 4.50. The zero-order valence-electron chi connectivity index (χ0n) is 9.16. The summed E-state index contributed by atoms with van der Waals surface area (Å²) in [6.45, 7) is 6.66. The lowest BCUT2D eigenvalue weighted by Gasteiger charge is -2.29. The molecule has 2 nitrogen and oxygen atoms in total. The van der Waals surface area contributed by atoms with E-state index in [1.807, 2.05) is 11.8 Å². The molecule has 82 valence electrons. The van der Waals surface area contributed by atoms with Gasteiger partial charge in [-0.15, -0.1) is 0 Å². The molecule has 2 aliphatic heterocycles. The number of ether oxygens (including phenoxy) is 1. The Morgan fingerprint density at radius 1 is 1.43 bits per heavy atom. The van der Waals surface area contributed by atoms with E-state index in [4.69, 9.17) is 4.74 Å². The van der Waals surface area contributed by atoms with E-state index in [0.29, 0.717) is 12.0 Å². The first kappa shape index (κ1) is 10.8. The number of hydrogen-bond acceptors (Lipinski definition) is 3. The average Bonchev–Trinajstić information content (AvgIpc) is 2.49. The van der Waals surface area contributed by atoms with Crippen molar-refractivity contribution in [1.82, 2.24) is 5.32 Å². The van der Waals surface area contributed by atoms with Crippen molar-refractivity contribution >= 4 is 11.8 Å². The van der Waals surface area contributed by atoms with Gasteiger partial charge in [0.05, 0.1) is 6.10 Å². The fourth-order valence-electron chi connectivity index (χ4n) is 2.28. The molecule has 1 N–H and O–H groups in total. The van der Waals surface area contributed by atoms with Crippen LogP contribution in [0.5, 0.6) is 0 Å². The Balaban J connectivity index is 1.72. The summed E-state index contributed by atoms with van der Waals surface area (Å²) < 4.78 is 5.77. The van der Waals surface area contributed by atoms with Gasteiger partial charge in [-0.1, -0.05) is 13.8 Å². The van der Waals surface area contributed by atoms with E-state index in [1.165, 1.54) is 17.9 Å². The van der Waals surface area contributed by atoms with Gasteiger partial charge < -0.3 is 10.1 Å². The highest BCUT2D eigenvalue weighted by Gasteiger charge is 2.31. The molecule has 0 radical (unpaired) electrons. The lowest BCUT2D eigenvalue weighted by Crippen LogP contribution is -2.44. The minimum atomic E-state index is 0.496. The molecule has 0 aromatic carbocycles. The SMILES string of the molecule is CC(C)C1OCCC1CNC1CSC1. The molecule has 0 aromatic rings. The Kier molecular flexibility index (Phi) is 3.74. The third kappa shape index (κ3) is 2.44. The zero-order chi connectivity index (χ0) is 9.97. The topological polar surface area (TPSA) is 21.3 Å². The molecule has 0 aliphatic carbocycles. The Labute approximate surface area is 91.2 Å². The van der Waals surface area contributed by atoms with E-state index in [-0.39, 0.29) is 0 Å². The maximum Gasteiger partial charge on any atom is 0.0639 e. The van der Waals surface area contributed by atoms with E-state index < -0.39 is 0 Å². The molecule has 2 heterocycles. The maximum absolute atomic E-state index is 5.77. The lowest BCUT2D eigenvalue weighted by atomic mass is 9.93. The van der Waals surface area contributed by atoms with Crippen molar-refractivity contribution in [2.45, 2.75) is 32.4 Å². The summed E-state index contributed by atoms with van der Waals surface area (Å²) in [4.78, 5) is 0. The van der Waals surface area contributed by atoms with Gasteiger partial charge in [-0.25, -0.2) is 0 Å². The van der Waals surface area contributed by atoms with Crippen molar-refractivity contribution in [3.8, 4) is 0 Å². The van der Waals surface area contributed by atoms with Crippen molar-refractivity contribution in [3.63, 3.8) is 0 Å². The van der Waals surface area contributed by atoms with Gasteiger partial charge >= 0.3 is 0 Å². The normalized spacial score (nSPS) is 33.6. The summed E-state index contributed by atoms with van der Waals surface area (Å²) >= 11 is 2.04. The molecule has 2 fully saturated rings. The van der Waals surface area contributed by atoms with E-state index >= 15 is 0 Å². The van der Waals surface area contributed by atoms with Crippen LogP contribution < -0.4 is 5.32 Å². The molecule has 2 unspecified atom stereocenters. The summed E-state index contributed by atoms with van der Waals surface area (Å²) in [6.07, 6.45) is 1.74. The van der Waals surface area contributed by atoms with Crippen LogP contribution in [0.1, 0.15) is 20.3 Å². The zero-order valence-corrected chi connectivity index (χ0v) is 9.98. The van der Waals surface area contributed by atoms with Gasteiger partial charge in [-0.05, 0) is 18.3 Å². The van der Waals surface area contributed by atoms with E-state index in [9.17, 15) is 0 Å². The highest BCUT2D eigenvalue weighted by molar-refractivity contribution is 8.00. The number of nitrogens with one attached hydrogen (secondary N) is 1. The van der Waals surface area contributed by atoms with Crippen LogP contribution in [0, 0.1) is 11.8 Å². The summed E-state index contributed by atoms with van der Waals surface area (Å²) in [6, 6.07) is 0.786. The molecule has 2 saturated heterocycles. The Bertz CT molecular complexity index is 182. The number of hydrogen-bond donors (Lipinski definition) is 1. The number of rotatable bonds is 4. The predicted molar refractivity (Wildman–Crippen MR) is 61.8 cm³/mol. The first-order chi connectivity index (χ1) is 6.77. The van der Waals surface area contributed by atoms with Gasteiger partial charge in [0.15, 0.2) is 0 Å². The van der Waals surface area contributed by atoms with Crippen molar-refractivity contribution in [1.29, 1.82) is 0 Å². The summed E-state index contributed by atoms with van der Waals surface area (Å²) in [5, 5.41) is 3.65. The van der Waals surface area contributed by atoms with E-state index in [0.717, 1.165) is 25.1 Å². The van der Waals surface area contributed by atoms with Crippen LogP contribution in [0.2, 0.25) is 0 Å². The number of thioether (sulfide) groups is 1. The Morgan fingerprint density at radius 2 is 2.21 bits per heavy atom. The highest BCUT2D eigenvalue weighted by Crippen LogP contribution is 2.27. The van der Waals surface area contributed by atoms with Crippen molar-refractivity contribution in [3.05, 3.63) is 0 Å². The highest BCUT2D eigenvalue weighted by atomic mass is 32.2. The van der Waals surface area contributed by atoms with Crippen LogP contribution in [0.15, 0.2) is 0 Å². The van der Waals surface area contributed by atoms with Crippen LogP contribution >= 0.6 is 11.8 Å². The molecule has 14 heavy (non-hydrogen) atoms. The average molecular weight is 215 g/mol. The maximum atomic E-state index is 5.77. The Hall–Kier alpha value is 0.270. The third-order valence-electron chi connectivity index (χ3n) is 3.23. The van der Waals surface area contributed by atoms with Gasteiger partial charge in [0, 0.05) is 30.7 Å². The van der Waals surface area contributed by atoms with Gasteiger partial charge in [0.2, 0.25) is 0 Å². The smallest absolute Gasteiger partial charge is 0.0639 e. The first-order valence-electron chi connectivity index (χ1n) is 5.70. The molecule has 2 rings (SSSR count). The van der Waals surface area contributed by atoms with Crippen LogP contribution in [0.3, 0.4) is 0 Å². The summed E-state index contributed by atoms with van der Waals surface area (Å²) in [7, 11) is 0. The van der Waals surface area contributed by atoms with Crippen LogP contribution in [-0.4, -0.2) is 36.8 Å². The standard InChI is InChI=1S/C11H21NOS/c1-8(2)11-9(3-4-13-11)5-12-10-6-14-7-10/h8-12H,3-7H2,1-2H3. The van der Waals surface area contributed by atoms with Crippen molar-refractivity contribution in [2.24, 2.45) is 11.8 Å². The second-order valence-corrected chi connectivity index (χ2v) is 5.85. The summed E-state index contributed by atoms with van der Waals surface area (Å²) in [5.74, 6) is 4.03. The second kappa shape index (κ2) is 4.86. The lowest BCUT2D eigenvalue weighted by molar-refractivity contribution is 0.0536. The van der Waals surface area contributed by atoms with Crippen LogP contribution in [0.25, 0.3) is 0 Å². The molecular weight excluding hydrogens is 194 g/mol. The molecule has 2 aliphatic rings.